The van der Waals surface area contributed by atoms with E-state index in [-0.39, 0.29) is 60.5 Å². The molecule has 0 aliphatic carbocycles. The molecule has 0 radical (unpaired) electrons. The number of amides is 6. The molecule has 1 atom stereocenters. The molecule has 6 amide bonds. The molecule has 3 fully saturated rings. The fraction of sp³-hybridized carbons (Fsp3) is 0.314. The third kappa shape index (κ3) is 6.96. The summed E-state index contributed by atoms with van der Waals surface area (Å²) >= 11 is 0. The third-order valence-electron chi connectivity index (χ3n) is 9.64. The first-order valence-corrected chi connectivity index (χ1v) is 18.2. The number of imide groups is 1. The summed E-state index contributed by atoms with van der Waals surface area (Å²) in [5, 5.41) is 15.8. The Morgan fingerprint density at radius 1 is 1.02 bits per heavy atom. The summed E-state index contributed by atoms with van der Waals surface area (Å²) in [6.07, 6.45) is 4.04. The van der Waals surface area contributed by atoms with Crippen LogP contribution in [0, 0.1) is 5.82 Å². The van der Waals surface area contributed by atoms with E-state index in [1.54, 1.807) is 33.9 Å². The van der Waals surface area contributed by atoms with Gasteiger partial charge in [0, 0.05) is 48.1 Å². The number of piperidine rings is 2. The largest absolute Gasteiger partial charge is 0.506 e. The van der Waals surface area contributed by atoms with Crippen LogP contribution in [0.5, 0.6) is 11.5 Å². The lowest BCUT2D eigenvalue weighted by Gasteiger charge is -2.32. The molecule has 1 unspecified atom stereocenters. The van der Waals surface area contributed by atoms with Crippen molar-refractivity contribution in [3.63, 3.8) is 0 Å². The van der Waals surface area contributed by atoms with Crippen molar-refractivity contribution in [2.24, 2.45) is 0 Å². The van der Waals surface area contributed by atoms with Crippen molar-refractivity contribution in [3.8, 4) is 11.5 Å². The second-order valence-corrected chi connectivity index (χ2v) is 14.6. The number of carbonyl (C=O) groups is 6. The maximum Gasteiger partial charge on any atom is 0.326 e. The maximum atomic E-state index is 15.6. The lowest BCUT2D eigenvalue weighted by Crippen LogP contribution is -2.52. The first-order valence-electron chi connectivity index (χ1n) is 16.7. The van der Waals surface area contributed by atoms with E-state index in [1.807, 2.05) is 0 Å². The number of phenolic OH excluding ortho intramolecular Hbond substituents is 1. The first-order chi connectivity index (χ1) is 25.3. The number of hydrogen-bond acceptors (Lipinski definition) is 10. The molecular formula is C35H33FN6O10S. The van der Waals surface area contributed by atoms with Gasteiger partial charge in [0.05, 0.1) is 6.54 Å². The summed E-state index contributed by atoms with van der Waals surface area (Å²) in [4.78, 5) is 77.5. The van der Waals surface area contributed by atoms with Gasteiger partial charge in [-0.3, -0.25) is 34.1 Å². The molecule has 4 N–H and O–H groups in total. The molecule has 0 aromatic heterocycles. The Hall–Kier alpha value is -6.04. The van der Waals surface area contributed by atoms with Gasteiger partial charge in [0.25, 0.3) is 17.7 Å². The highest BCUT2D eigenvalue weighted by Gasteiger charge is 2.41. The Kier molecular flexibility index (Phi) is 9.23. The maximum absolute atomic E-state index is 15.6. The number of nitrogens with zero attached hydrogens (tertiary/aromatic N) is 3. The van der Waals surface area contributed by atoms with Crippen LogP contribution >= 0.6 is 0 Å². The fourth-order valence-electron chi connectivity index (χ4n) is 6.95. The molecule has 18 heteroatoms. The molecule has 3 aromatic rings. The Bertz CT molecular complexity index is 2240. The number of aromatic hydroxyl groups is 1. The zero-order valence-electron chi connectivity index (χ0n) is 28.0. The zero-order chi connectivity index (χ0) is 37.6. The molecule has 3 aromatic carbocycles. The van der Waals surface area contributed by atoms with Crippen molar-refractivity contribution < 1.29 is 51.4 Å². The summed E-state index contributed by atoms with van der Waals surface area (Å²) < 4.78 is 48.1. The zero-order valence-corrected chi connectivity index (χ0v) is 28.8. The van der Waals surface area contributed by atoms with Crippen LogP contribution in [0.2, 0.25) is 0 Å². The average Bonchev–Trinajstić information content (AvgIpc) is 3.60. The minimum Gasteiger partial charge on any atom is -0.506 e. The molecular weight excluding hydrogens is 715 g/mol. The number of phenols is 1. The van der Waals surface area contributed by atoms with Crippen LogP contribution < -0.4 is 24.4 Å². The summed E-state index contributed by atoms with van der Waals surface area (Å²) in [5.74, 6) is -4.16. The molecule has 0 saturated carbocycles. The van der Waals surface area contributed by atoms with Crippen LogP contribution in [0.3, 0.4) is 0 Å². The Balaban J connectivity index is 0.915. The van der Waals surface area contributed by atoms with Crippen LogP contribution in [0.4, 0.5) is 10.1 Å². The van der Waals surface area contributed by atoms with Crippen molar-refractivity contribution in [2.45, 2.75) is 44.3 Å². The minimum atomic E-state index is -4.37. The SMILES string of the molecule is O=C(/C=C/c1ccc2cc(O)c(N3CC(=O)NS3(=O)=O)c(F)c2c1)NC1CCN(C(=O)COc2cccc3c2CN(C2CCC(=O)NC2=O)C3=O)CC1. The summed E-state index contributed by atoms with van der Waals surface area (Å²) in [5.41, 5.74) is 0.693. The number of likely N-dealkylation sites (tertiary alicyclic amines) is 1. The van der Waals surface area contributed by atoms with Crippen molar-refractivity contribution in [2.75, 3.05) is 30.5 Å². The van der Waals surface area contributed by atoms with E-state index in [0.29, 0.717) is 52.7 Å². The number of ether oxygens (including phenoxy) is 1. The molecule has 53 heavy (non-hydrogen) atoms. The van der Waals surface area contributed by atoms with Gasteiger partial charge in [-0.05, 0) is 60.6 Å². The van der Waals surface area contributed by atoms with Crippen LogP contribution in [0.15, 0.2) is 48.5 Å². The molecule has 4 aliphatic rings. The number of benzene rings is 3. The van der Waals surface area contributed by atoms with Gasteiger partial charge in [-0.15, -0.1) is 0 Å². The van der Waals surface area contributed by atoms with E-state index < -0.39 is 57.8 Å². The highest BCUT2D eigenvalue weighted by molar-refractivity contribution is 7.92. The number of hydrogen-bond donors (Lipinski definition) is 4. The molecule has 0 spiro atoms. The normalized spacial score (nSPS) is 20.2. The predicted molar refractivity (Wildman–Crippen MR) is 185 cm³/mol. The topological polar surface area (TPSA) is 212 Å². The second-order valence-electron chi connectivity index (χ2n) is 13.0. The molecule has 0 bridgehead atoms. The number of anilines is 1. The van der Waals surface area contributed by atoms with Crippen molar-refractivity contribution in [1.29, 1.82) is 0 Å². The quantitative estimate of drug-likeness (QED) is 0.188. The molecule has 276 valence electrons. The summed E-state index contributed by atoms with van der Waals surface area (Å²) in [6.45, 7) is -0.137. The van der Waals surface area contributed by atoms with E-state index >= 15 is 4.39 Å². The number of rotatable bonds is 8. The van der Waals surface area contributed by atoms with Gasteiger partial charge >= 0.3 is 10.2 Å². The average molecular weight is 749 g/mol. The monoisotopic (exact) mass is 748 g/mol. The highest BCUT2D eigenvalue weighted by atomic mass is 32.2. The second kappa shape index (κ2) is 13.8. The van der Waals surface area contributed by atoms with E-state index in [0.717, 1.165) is 0 Å². The van der Waals surface area contributed by atoms with E-state index in [2.05, 4.69) is 10.6 Å². The van der Waals surface area contributed by atoms with E-state index in [4.69, 9.17) is 4.74 Å². The molecule has 4 heterocycles. The Labute approximate surface area is 301 Å². The van der Waals surface area contributed by atoms with Crippen molar-refractivity contribution >= 4 is 68.2 Å². The standard InChI is InChI=1S/C35H33FN6O10S/c36-32-23-14-19(4-6-20(23)15-26(43)33(32)42-17-30(46)39-53(42,50)51)5-8-28(44)37-21-10-12-40(13-11-21)31(47)18-52-27-3-1-2-22-24(27)16-41(35(22)49)25-7-9-29(45)38-34(25)48/h1-6,8,14-15,21,25,43H,7,9-13,16-18H2,(H,37,44)(H,39,46)(H,38,45,48)/b8-5+. The number of nitrogens with one attached hydrogen (secondary N) is 3. The Morgan fingerprint density at radius 2 is 1.79 bits per heavy atom. The van der Waals surface area contributed by atoms with E-state index in [9.17, 15) is 42.3 Å². The molecule has 3 saturated heterocycles. The van der Waals surface area contributed by atoms with Gasteiger partial charge in [0.1, 0.15) is 29.8 Å². The lowest BCUT2D eigenvalue weighted by atomic mass is 10.0. The smallest absolute Gasteiger partial charge is 0.326 e. The van der Waals surface area contributed by atoms with Crippen LogP contribution in [0.1, 0.15) is 47.2 Å². The highest BCUT2D eigenvalue weighted by Crippen LogP contribution is 2.39. The van der Waals surface area contributed by atoms with Gasteiger partial charge in [-0.1, -0.05) is 18.2 Å². The van der Waals surface area contributed by atoms with Gasteiger partial charge in [0.2, 0.25) is 17.7 Å². The number of carbonyl (C=O) groups excluding carboxylic acids is 6. The predicted octanol–water partition coefficient (Wildman–Crippen LogP) is 0.826. The summed E-state index contributed by atoms with van der Waals surface area (Å²) in [6, 6.07) is 9.58. The molecule has 7 rings (SSSR count). The van der Waals surface area contributed by atoms with Crippen LogP contribution in [-0.4, -0.2) is 97.1 Å². The van der Waals surface area contributed by atoms with Gasteiger partial charge in [-0.25, -0.2) is 13.4 Å². The van der Waals surface area contributed by atoms with E-state index in [1.165, 1.54) is 35.3 Å². The molecule has 4 aliphatic heterocycles. The first kappa shape index (κ1) is 35.4. The lowest BCUT2D eigenvalue weighted by molar-refractivity contribution is -0.137. The molecule has 16 nitrogen and oxygen atoms in total. The minimum absolute atomic E-state index is 0.0322. The van der Waals surface area contributed by atoms with Crippen LogP contribution in [-0.2, 0) is 40.7 Å². The fourth-order valence-corrected chi connectivity index (χ4v) is 8.11. The summed E-state index contributed by atoms with van der Waals surface area (Å²) in [7, 11) is -4.37. The van der Waals surface area contributed by atoms with Crippen molar-refractivity contribution in [1.82, 2.24) is 25.2 Å². The Morgan fingerprint density at radius 3 is 2.51 bits per heavy atom. The third-order valence-corrected chi connectivity index (χ3v) is 11.0. The van der Waals surface area contributed by atoms with Crippen LogP contribution in [0.25, 0.3) is 16.8 Å². The van der Waals surface area contributed by atoms with Gasteiger partial charge in [-0.2, -0.15) is 8.42 Å². The number of halogens is 1. The van der Waals surface area contributed by atoms with Crippen molar-refractivity contribution in [3.05, 3.63) is 71.0 Å². The van der Waals surface area contributed by atoms with Gasteiger partial charge < -0.3 is 25.0 Å². The number of fused-ring (bicyclic) bond motifs is 2. The van der Waals surface area contributed by atoms with Gasteiger partial charge in [0.15, 0.2) is 12.4 Å².